The Morgan fingerprint density at radius 2 is 1.89 bits per heavy atom. The van der Waals surface area contributed by atoms with E-state index in [2.05, 4.69) is 0 Å². The van der Waals surface area contributed by atoms with E-state index in [4.69, 9.17) is 10.00 Å². The Morgan fingerprint density at radius 3 is 2.58 bits per heavy atom. The van der Waals surface area contributed by atoms with Crippen LogP contribution in [0.15, 0.2) is 48.5 Å². The Labute approximate surface area is 109 Å². The summed E-state index contributed by atoms with van der Waals surface area (Å²) in [6, 6.07) is 14.4. The van der Waals surface area contributed by atoms with Gasteiger partial charge in [0.1, 0.15) is 23.2 Å². The summed E-state index contributed by atoms with van der Waals surface area (Å²) < 4.78 is 18.5. The predicted octanol–water partition coefficient (Wildman–Crippen LogP) is 2.96. The molecular formula is C15H10FNO2. The summed E-state index contributed by atoms with van der Waals surface area (Å²) in [5.41, 5.74) is 0.320. The van der Waals surface area contributed by atoms with E-state index in [0.717, 1.165) is 0 Å². The van der Waals surface area contributed by atoms with Crippen LogP contribution in [0, 0.1) is 17.1 Å². The summed E-state index contributed by atoms with van der Waals surface area (Å²) in [6.07, 6.45) is 0. The van der Waals surface area contributed by atoms with Gasteiger partial charge in [0, 0.05) is 5.56 Å². The van der Waals surface area contributed by atoms with Crippen molar-refractivity contribution in [1.29, 1.82) is 5.26 Å². The molecule has 0 spiro atoms. The molecule has 0 heterocycles. The van der Waals surface area contributed by atoms with Crippen molar-refractivity contribution in [2.45, 2.75) is 0 Å². The minimum atomic E-state index is -0.660. The summed E-state index contributed by atoms with van der Waals surface area (Å²) >= 11 is 0. The van der Waals surface area contributed by atoms with Crippen LogP contribution in [0.25, 0.3) is 0 Å². The molecule has 0 unspecified atom stereocenters. The zero-order valence-electron chi connectivity index (χ0n) is 9.97. The lowest BCUT2D eigenvalue weighted by molar-refractivity contribution is 0.0921. The zero-order valence-corrected chi connectivity index (χ0v) is 9.97. The first-order chi connectivity index (χ1) is 9.22. The van der Waals surface area contributed by atoms with E-state index in [1.54, 1.807) is 36.4 Å². The number of ketones is 1. The van der Waals surface area contributed by atoms with Crippen LogP contribution in [-0.4, -0.2) is 12.4 Å². The maximum atomic E-state index is 13.3. The van der Waals surface area contributed by atoms with Gasteiger partial charge < -0.3 is 4.74 Å². The Balaban J connectivity index is 2.10. The van der Waals surface area contributed by atoms with Crippen molar-refractivity contribution in [1.82, 2.24) is 0 Å². The van der Waals surface area contributed by atoms with Crippen LogP contribution < -0.4 is 4.74 Å². The van der Waals surface area contributed by atoms with Gasteiger partial charge in [-0.25, -0.2) is 4.39 Å². The average molecular weight is 255 g/mol. The number of ether oxygens (including phenoxy) is 1. The standard InChI is InChI=1S/C15H10FNO2/c16-13-7-4-8-15(12(13)9-17)19-10-14(18)11-5-2-1-3-6-11/h1-8H,10H2. The van der Waals surface area contributed by atoms with E-state index in [1.807, 2.05) is 0 Å². The average Bonchev–Trinajstić information content (AvgIpc) is 2.45. The first kappa shape index (κ1) is 12.8. The molecule has 4 heteroatoms. The molecule has 2 aromatic carbocycles. The van der Waals surface area contributed by atoms with Crippen LogP contribution in [0.4, 0.5) is 4.39 Å². The molecule has 0 radical (unpaired) electrons. The molecule has 0 aliphatic rings. The van der Waals surface area contributed by atoms with Gasteiger partial charge in [-0.05, 0) is 12.1 Å². The van der Waals surface area contributed by atoms with Gasteiger partial charge in [0.05, 0.1) is 0 Å². The van der Waals surface area contributed by atoms with Gasteiger partial charge >= 0.3 is 0 Å². The molecule has 19 heavy (non-hydrogen) atoms. The van der Waals surface area contributed by atoms with E-state index in [0.29, 0.717) is 5.56 Å². The number of nitriles is 1. The molecule has 2 rings (SSSR count). The summed E-state index contributed by atoms with van der Waals surface area (Å²) in [7, 11) is 0. The molecule has 0 amide bonds. The second-order valence-electron chi connectivity index (χ2n) is 3.80. The van der Waals surface area contributed by atoms with Crippen molar-refractivity contribution in [3.8, 4) is 11.8 Å². The summed E-state index contributed by atoms with van der Waals surface area (Å²) in [4.78, 5) is 11.8. The van der Waals surface area contributed by atoms with Crippen molar-refractivity contribution in [2.24, 2.45) is 0 Å². The summed E-state index contributed by atoms with van der Waals surface area (Å²) in [5.74, 6) is -0.812. The van der Waals surface area contributed by atoms with Crippen molar-refractivity contribution in [2.75, 3.05) is 6.61 Å². The Hall–Kier alpha value is -2.67. The highest BCUT2D eigenvalue weighted by atomic mass is 19.1. The van der Waals surface area contributed by atoms with Gasteiger partial charge in [-0.2, -0.15) is 5.26 Å². The smallest absolute Gasteiger partial charge is 0.200 e. The van der Waals surface area contributed by atoms with Gasteiger partial charge in [0.15, 0.2) is 12.4 Å². The molecule has 2 aromatic rings. The van der Waals surface area contributed by atoms with Gasteiger partial charge in [0.25, 0.3) is 0 Å². The highest BCUT2D eigenvalue weighted by Gasteiger charge is 2.11. The third-order valence-corrected chi connectivity index (χ3v) is 2.54. The largest absolute Gasteiger partial charge is 0.484 e. The number of hydrogen-bond acceptors (Lipinski definition) is 3. The van der Waals surface area contributed by atoms with Gasteiger partial charge in [-0.15, -0.1) is 0 Å². The molecule has 94 valence electrons. The van der Waals surface area contributed by atoms with Crippen LogP contribution in [0.5, 0.6) is 5.75 Å². The van der Waals surface area contributed by atoms with Crippen molar-refractivity contribution in [3.63, 3.8) is 0 Å². The molecule has 0 saturated carbocycles. The second-order valence-corrected chi connectivity index (χ2v) is 3.80. The van der Waals surface area contributed by atoms with E-state index in [-0.39, 0.29) is 23.7 Å². The van der Waals surface area contributed by atoms with Crippen molar-refractivity contribution in [3.05, 3.63) is 65.5 Å². The lowest BCUT2D eigenvalue weighted by Crippen LogP contribution is -2.12. The SMILES string of the molecule is N#Cc1c(F)cccc1OCC(=O)c1ccccc1. The minimum Gasteiger partial charge on any atom is -0.484 e. The molecule has 0 atom stereocenters. The van der Waals surface area contributed by atoms with E-state index >= 15 is 0 Å². The Kier molecular flexibility index (Phi) is 3.89. The normalized spacial score (nSPS) is 9.68. The molecule has 0 aliphatic carbocycles. The molecule has 0 fully saturated rings. The van der Waals surface area contributed by atoms with E-state index < -0.39 is 5.82 Å². The second kappa shape index (κ2) is 5.78. The zero-order chi connectivity index (χ0) is 13.7. The summed E-state index contributed by atoms with van der Waals surface area (Å²) in [5, 5.41) is 8.83. The highest BCUT2D eigenvalue weighted by Crippen LogP contribution is 2.20. The van der Waals surface area contributed by atoms with Crippen LogP contribution in [-0.2, 0) is 0 Å². The Bertz CT molecular complexity index is 632. The predicted molar refractivity (Wildman–Crippen MR) is 67.4 cm³/mol. The van der Waals surface area contributed by atoms with Crippen LogP contribution in [0.3, 0.4) is 0 Å². The molecule has 3 nitrogen and oxygen atoms in total. The fourth-order valence-corrected chi connectivity index (χ4v) is 1.58. The molecule has 0 saturated heterocycles. The van der Waals surface area contributed by atoms with Gasteiger partial charge in [-0.1, -0.05) is 36.4 Å². The highest BCUT2D eigenvalue weighted by molar-refractivity contribution is 5.97. The van der Waals surface area contributed by atoms with Crippen molar-refractivity contribution < 1.29 is 13.9 Å². The fraction of sp³-hybridized carbons (Fsp3) is 0.0667. The number of Topliss-reactive ketones (excluding diaryl/α,β-unsaturated/α-hetero) is 1. The minimum absolute atomic E-state index is 0.0757. The molecular weight excluding hydrogens is 245 g/mol. The number of benzene rings is 2. The van der Waals surface area contributed by atoms with Crippen LogP contribution >= 0.6 is 0 Å². The molecule has 0 bridgehead atoms. The van der Waals surface area contributed by atoms with E-state index in [9.17, 15) is 9.18 Å². The third kappa shape index (κ3) is 2.96. The molecule has 0 N–H and O–H groups in total. The Morgan fingerprint density at radius 1 is 1.16 bits per heavy atom. The fourth-order valence-electron chi connectivity index (χ4n) is 1.58. The van der Waals surface area contributed by atoms with Gasteiger partial charge in [0.2, 0.25) is 0 Å². The first-order valence-corrected chi connectivity index (χ1v) is 5.62. The first-order valence-electron chi connectivity index (χ1n) is 5.62. The quantitative estimate of drug-likeness (QED) is 0.789. The van der Waals surface area contributed by atoms with Gasteiger partial charge in [-0.3, -0.25) is 4.79 Å². The monoisotopic (exact) mass is 255 g/mol. The maximum Gasteiger partial charge on any atom is 0.200 e. The number of carbonyl (C=O) groups is 1. The number of halogens is 1. The number of hydrogen-bond donors (Lipinski definition) is 0. The third-order valence-electron chi connectivity index (χ3n) is 2.54. The topological polar surface area (TPSA) is 50.1 Å². The van der Waals surface area contributed by atoms with Crippen LogP contribution in [0.1, 0.15) is 15.9 Å². The number of rotatable bonds is 4. The lowest BCUT2D eigenvalue weighted by Gasteiger charge is -2.07. The lowest BCUT2D eigenvalue weighted by atomic mass is 10.1. The molecule has 0 aromatic heterocycles. The van der Waals surface area contributed by atoms with E-state index in [1.165, 1.54) is 18.2 Å². The number of nitrogens with zero attached hydrogens (tertiary/aromatic N) is 1. The van der Waals surface area contributed by atoms with Crippen molar-refractivity contribution >= 4 is 5.78 Å². The molecule has 0 aliphatic heterocycles. The van der Waals surface area contributed by atoms with Crippen LogP contribution in [0.2, 0.25) is 0 Å². The maximum absolute atomic E-state index is 13.3. The summed E-state index contributed by atoms with van der Waals surface area (Å²) in [6.45, 7) is -0.234. The number of carbonyl (C=O) groups excluding carboxylic acids is 1.